The Morgan fingerprint density at radius 2 is 2.12 bits per heavy atom. The van der Waals surface area contributed by atoms with Gasteiger partial charge in [0.2, 0.25) is 0 Å². The largest absolute Gasteiger partial charge is 0.378 e. The van der Waals surface area contributed by atoms with Crippen molar-refractivity contribution >= 4 is 0 Å². The van der Waals surface area contributed by atoms with E-state index in [2.05, 4.69) is 17.3 Å². The Bertz CT molecular complexity index is 184. The summed E-state index contributed by atoms with van der Waals surface area (Å²) in [7, 11) is 2.28. The first-order valence-electron chi connectivity index (χ1n) is 6.89. The van der Waals surface area contributed by atoms with Crippen LogP contribution in [0.1, 0.15) is 38.5 Å². The van der Waals surface area contributed by atoms with Crippen molar-refractivity contribution in [1.29, 1.82) is 0 Å². The molecule has 2 heterocycles. The van der Waals surface area contributed by atoms with E-state index in [-0.39, 0.29) is 0 Å². The zero-order valence-electron chi connectivity index (χ0n) is 10.6. The first kappa shape index (κ1) is 12.3. The van der Waals surface area contributed by atoms with Crippen LogP contribution in [-0.4, -0.2) is 50.3 Å². The average molecular weight is 226 g/mol. The molecule has 3 heteroatoms. The Morgan fingerprint density at radius 1 is 1.19 bits per heavy atom. The summed E-state index contributed by atoms with van der Waals surface area (Å²) >= 11 is 0. The number of rotatable bonds is 4. The van der Waals surface area contributed by atoms with E-state index in [0.29, 0.717) is 6.10 Å². The molecule has 2 saturated heterocycles. The van der Waals surface area contributed by atoms with Gasteiger partial charge in [-0.05, 0) is 58.7 Å². The van der Waals surface area contributed by atoms with Gasteiger partial charge in [-0.1, -0.05) is 0 Å². The lowest BCUT2D eigenvalue weighted by Crippen LogP contribution is -2.34. The predicted octanol–water partition coefficient (Wildman–Crippen LogP) is 1.63. The Morgan fingerprint density at radius 3 is 2.94 bits per heavy atom. The zero-order chi connectivity index (χ0) is 11.2. The van der Waals surface area contributed by atoms with E-state index in [1.54, 1.807) is 0 Å². The van der Waals surface area contributed by atoms with Gasteiger partial charge in [0.15, 0.2) is 0 Å². The van der Waals surface area contributed by atoms with Crippen molar-refractivity contribution in [2.24, 2.45) is 0 Å². The molecule has 2 atom stereocenters. The van der Waals surface area contributed by atoms with E-state index in [4.69, 9.17) is 4.74 Å². The van der Waals surface area contributed by atoms with E-state index in [1.165, 1.54) is 58.2 Å². The molecule has 0 aromatic carbocycles. The maximum absolute atomic E-state index is 5.68. The van der Waals surface area contributed by atoms with Crippen LogP contribution in [0.25, 0.3) is 0 Å². The standard InChI is InChI=1S/C13H26N2O/c1-15(10-7-13-5-3-11-16-13)12-4-2-8-14-9-6-12/h12-14H,2-11H2,1H3. The normalized spacial score (nSPS) is 31.9. The van der Waals surface area contributed by atoms with E-state index >= 15 is 0 Å². The quantitative estimate of drug-likeness (QED) is 0.788. The van der Waals surface area contributed by atoms with Crippen LogP contribution < -0.4 is 5.32 Å². The summed E-state index contributed by atoms with van der Waals surface area (Å²) in [5.41, 5.74) is 0. The maximum atomic E-state index is 5.68. The Labute approximate surface area is 99.5 Å². The van der Waals surface area contributed by atoms with E-state index in [1.807, 2.05) is 0 Å². The van der Waals surface area contributed by atoms with Crippen molar-refractivity contribution in [1.82, 2.24) is 10.2 Å². The van der Waals surface area contributed by atoms with E-state index in [0.717, 1.165) is 12.6 Å². The summed E-state index contributed by atoms with van der Waals surface area (Å²) in [4.78, 5) is 2.55. The molecule has 0 aromatic rings. The highest BCUT2D eigenvalue weighted by molar-refractivity contribution is 4.75. The van der Waals surface area contributed by atoms with Gasteiger partial charge in [-0.15, -0.1) is 0 Å². The van der Waals surface area contributed by atoms with Crippen LogP contribution in [0.5, 0.6) is 0 Å². The topological polar surface area (TPSA) is 24.5 Å². The molecule has 0 radical (unpaired) electrons. The lowest BCUT2D eigenvalue weighted by atomic mass is 10.1. The molecule has 94 valence electrons. The SMILES string of the molecule is CN(CCC1CCCO1)C1CCCNCC1. The molecule has 2 unspecified atom stereocenters. The van der Waals surface area contributed by atoms with Gasteiger partial charge in [0.25, 0.3) is 0 Å². The molecule has 2 aliphatic rings. The van der Waals surface area contributed by atoms with Crippen molar-refractivity contribution < 1.29 is 4.74 Å². The molecule has 0 amide bonds. The van der Waals surface area contributed by atoms with Crippen LogP contribution in [-0.2, 0) is 4.74 Å². The Kier molecular flexibility index (Phi) is 5.07. The highest BCUT2D eigenvalue weighted by Gasteiger charge is 2.20. The summed E-state index contributed by atoms with van der Waals surface area (Å²) in [6.07, 6.45) is 8.31. The van der Waals surface area contributed by atoms with Gasteiger partial charge in [0.1, 0.15) is 0 Å². The Balaban J connectivity index is 1.66. The van der Waals surface area contributed by atoms with E-state index < -0.39 is 0 Å². The summed E-state index contributed by atoms with van der Waals surface area (Å²) in [5, 5.41) is 3.48. The monoisotopic (exact) mass is 226 g/mol. The molecule has 2 rings (SSSR count). The summed E-state index contributed by atoms with van der Waals surface area (Å²) in [5.74, 6) is 0. The van der Waals surface area contributed by atoms with Gasteiger partial charge in [-0.3, -0.25) is 0 Å². The highest BCUT2D eigenvalue weighted by Crippen LogP contribution is 2.17. The third kappa shape index (κ3) is 3.72. The lowest BCUT2D eigenvalue weighted by molar-refractivity contribution is 0.0885. The van der Waals surface area contributed by atoms with Gasteiger partial charge in [-0.2, -0.15) is 0 Å². The minimum atomic E-state index is 0.548. The molecule has 0 spiro atoms. The van der Waals surface area contributed by atoms with Gasteiger partial charge >= 0.3 is 0 Å². The first-order chi connectivity index (χ1) is 7.86. The van der Waals surface area contributed by atoms with Gasteiger partial charge < -0.3 is 15.0 Å². The van der Waals surface area contributed by atoms with Crippen LogP contribution in [0.4, 0.5) is 0 Å². The predicted molar refractivity (Wildman–Crippen MR) is 66.7 cm³/mol. The van der Waals surface area contributed by atoms with Crippen molar-refractivity contribution in [3.05, 3.63) is 0 Å². The van der Waals surface area contributed by atoms with Crippen molar-refractivity contribution in [3.8, 4) is 0 Å². The van der Waals surface area contributed by atoms with Gasteiger partial charge in [0.05, 0.1) is 6.10 Å². The second-order valence-corrected chi connectivity index (χ2v) is 5.24. The second kappa shape index (κ2) is 6.58. The van der Waals surface area contributed by atoms with Crippen LogP contribution in [0, 0.1) is 0 Å². The molecule has 3 nitrogen and oxygen atoms in total. The fourth-order valence-corrected chi connectivity index (χ4v) is 2.84. The maximum Gasteiger partial charge on any atom is 0.0588 e. The van der Waals surface area contributed by atoms with Gasteiger partial charge in [-0.25, -0.2) is 0 Å². The minimum Gasteiger partial charge on any atom is -0.378 e. The number of hydrogen-bond acceptors (Lipinski definition) is 3. The van der Waals surface area contributed by atoms with Gasteiger partial charge in [0, 0.05) is 19.2 Å². The summed E-state index contributed by atoms with van der Waals surface area (Å²) in [6, 6.07) is 0.788. The summed E-state index contributed by atoms with van der Waals surface area (Å²) in [6.45, 7) is 4.59. The first-order valence-corrected chi connectivity index (χ1v) is 6.89. The minimum absolute atomic E-state index is 0.548. The second-order valence-electron chi connectivity index (χ2n) is 5.24. The van der Waals surface area contributed by atoms with Crippen molar-refractivity contribution in [2.45, 2.75) is 50.7 Å². The lowest BCUT2D eigenvalue weighted by Gasteiger charge is -2.27. The molecule has 0 saturated carbocycles. The highest BCUT2D eigenvalue weighted by atomic mass is 16.5. The molecule has 16 heavy (non-hydrogen) atoms. The number of hydrogen-bond donors (Lipinski definition) is 1. The summed E-state index contributed by atoms with van der Waals surface area (Å²) < 4.78 is 5.68. The van der Waals surface area contributed by atoms with Crippen LogP contribution in [0.3, 0.4) is 0 Å². The molecule has 0 bridgehead atoms. The fraction of sp³-hybridized carbons (Fsp3) is 1.00. The molecular weight excluding hydrogens is 200 g/mol. The third-order valence-electron chi connectivity index (χ3n) is 4.00. The molecule has 0 aliphatic carbocycles. The molecule has 0 aromatic heterocycles. The van der Waals surface area contributed by atoms with Crippen LogP contribution in [0.2, 0.25) is 0 Å². The average Bonchev–Trinajstić information content (AvgIpc) is 2.66. The molecule has 1 N–H and O–H groups in total. The number of nitrogens with zero attached hydrogens (tertiary/aromatic N) is 1. The fourth-order valence-electron chi connectivity index (χ4n) is 2.84. The van der Waals surface area contributed by atoms with E-state index in [9.17, 15) is 0 Å². The smallest absolute Gasteiger partial charge is 0.0588 e. The van der Waals surface area contributed by atoms with Crippen molar-refractivity contribution in [2.75, 3.05) is 33.3 Å². The van der Waals surface area contributed by atoms with Crippen LogP contribution >= 0.6 is 0 Å². The molecular formula is C13H26N2O. The molecule has 2 fully saturated rings. The van der Waals surface area contributed by atoms with Crippen LogP contribution in [0.15, 0.2) is 0 Å². The number of nitrogens with one attached hydrogen (secondary N) is 1. The van der Waals surface area contributed by atoms with Crippen molar-refractivity contribution in [3.63, 3.8) is 0 Å². The third-order valence-corrected chi connectivity index (χ3v) is 4.00. The number of ether oxygens (including phenoxy) is 1. The molecule has 2 aliphatic heterocycles. The Hall–Kier alpha value is -0.120. The zero-order valence-corrected chi connectivity index (χ0v) is 10.6.